The molecule has 6 heteroatoms. The first kappa shape index (κ1) is 28.8. The van der Waals surface area contributed by atoms with Crippen molar-refractivity contribution < 1.29 is 9.90 Å². The van der Waals surface area contributed by atoms with Gasteiger partial charge in [-0.3, -0.25) is 0 Å². The first-order valence-corrected chi connectivity index (χ1v) is 13.3. The molecule has 1 atom stereocenters. The Morgan fingerprint density at radius 2 is 1.32 bits per heavy atom. The highest BCUT2D eigenvalue weighted by Crippen LogP contribution is 2.35. The van der Waals surface area contributed by atoms with E-state index in [2.05, 4.69) is 19.1 Å². The molecule has 2 nitrogen and oxygen atoms in total. The van der Waals surface area contributed by atoms with Crippen molar-refractivity contribution in [3.63, 3.8) is 0 Å². The third-order valence-corrected chi connectivity index (χ3v) is 7.16. The fourth-order valence-electron chi connectivity index (χ4n) is 3.87. The van der Waals surface area contributed by atoms with Crippen LogP contribution in [0.15, 0.2) is 54.6 Å². The summed E-state index contributed by atoms with van der Waals surface area (Å²) in [6, 6.07) is 17.0. The zero-order chi connectivity index (χ0) is 24.9. The number of benzene rings is 3. The van der Waals surface area contributed by atoms with Crippen LogP contribution in [0.3, 0.4) is 0 Å². The predicted molar refractivity (Wildman–Crippen MR) is 145 cm³/mol. The van der Waals surface area contributed by atoms with E-state index in [9.17, 15) is 9.90 Å². The first-order valence-electron chi connectivity index (χ1n) is 11.8. The summed E-state index contributed by atoms with van der Waals surface area (Å²) < 4.78 is 0. The van der Waals surface area contributed by atoms with E-state index in [-0.39, 0.29) is 0 Å². The molecule has 0 saturated carbocycles. The van der Waals surface area contributed by atoms with Gasteiger partial charge in [-0.05, 0) is 35.6 Å². The lowest BCUT2D eigenvalue weighted by atomic mass is 9.93. The second kappa shape index (κ2) is 15.5. The van der Waals surface area contributed by atoms with Gasteiger partial charge in [0.15, 0.2) is 0 Å². The topological polar surface area (TPSA) is 40.1 Å². The molecule has 0 aliphatic rings. The maximum Gasteiger partial charge on any atom is 0.0607 e. The van der Waals surface area contributed by atoms with Gasteiger partial charge in [-0.1, -0.05) is 141 Å². The van der Waals surface area contributed by atoms with Crippen LogP contribution < -0.4 is 5.11 Å². The molecule has 3 aromatic carbocycles. The van der Waals surface area contributed by atoms with Crippen LogP contribution >= 0.6 is 46.4 Å². The summed E-state index contributed by atoms with van der Waals surface area (Å²) in [4.78, 5) is 11.4. The van der Waals surface area contributed by atoms with E-state index in [0.717, 1.165) is 29.7 Å². The van der Waals surface area contributed by atoms with Crippen LogP contribution in [0.25, 0.3) is 10.8 Å². The molecule has 0 fully saturated rings. The average molecular weight is 541 g/mol. The molecule has 0 aliphatic carbocycles. The SMILES string of the molecule is CCCCCCCCCCC(C(=O)[O-])c1cc(Cl)c(Cl)cc1Cl.Clc1cccc2ccccc12. The zero-order valence-corrected chi connectivity index (χ0v) is 22.5. The van der Waals surface area contributed by atoms with Gasteiger partial charge in [0.1, 0.15) is 0 Å². The molecule has 3 aromatic rings. The van der Waals surface area contributed by atoms with E-state index in [1.807, 2.05) is 30.3 Å². The number of rotatable bonds is 11. The maximum atomic E-state index is 11.4. The quantitative estimate of drug-likeness (QED) is 0.179. The Hall–Kier alpha value is -1.45. The molecular formula is C28H31Cl4O2-. The molecule has 34 heavy (non-hydrogen) atoms. The highest BCUT2D eigenvalue weighted by atomic mass is 35.5. The number of carbonyl (C=O) groups excluding carboxylic acids is 1. The smallest absolute Gasteiger partial charge is 0.0607 e. The van der Waals surface area contributed by atoms with E-state index in [0.29, 0.717) is 27.1 Å². The minimum atomic E-state index is -1.12. The molecule has 184 valence electrons. The van der Waals surface area contributed by atoms with Crippen LogP contribution in [0.1, 0.15) is 76.2 Å². The Morgan fingerprint density at radius 1 is 0.735 bits per heavy atom. The third kappa shape index (κ3) is 9.30. The van der Waals surface area contributed by atoms with Crippen molar-refractivity contribution in [3.05, 3.63) is 80.3 Å². The molecule has 0 N–H and O–H groups in total. The Bertz CT molecular complexity index is 1050. The molecule has 1 unspecified atom stereocenters. The number of carboxylic acids is 1. The average Bonchev–Trinajstić information content (AvgIpc) is 2.81. The summed E-state index contributed by atoms with van der Waals surface area (Å²) in [6.07, 6.45) is 9.81. The highest BCUT2D eigenvalue weighted by molar-refractivity contribution is 6.43. The van der Waals surface area contributed by atoms with Crippen molar-refractivity contribution in [2.24, 2.45) is 0 Å². The largest absolute Gasteiger partial charge is 0.549 e. The fraction of sp³-hybridized carbons (Fsp3) is 0.393. The van der Waals surface area contributed by atoms with E-state index >= 15 is 0 Å². The Kier molecular flexibility index (Phi) is 13.1. The molecule has 3 rings (SSSR count). The standard InChI is InChI=1S/C18H25Cl3O2.C10H7Cl/c1-2-3-4-5-6-7-8-9-10-13(18(22)23)14-11-16(20)17(21)12-15(14)19;11-10-7-3-5-8-4-1-2-6-9(8)10/h11-13H,2-10H2,1H3,(H,22,23);1-7H/p-1. The van der Waals surface area contributed by atoms with E-state index < -0.39 is 11.9 Å². The van der Waals surface area contributed by atoms with Crippen LogP contribution in [-0.4, -0.2) is 5.97 Å². The monoisotopic (exact) mass is 539 g/mol. The van der Waals surface area contributed by atoms with Crippen LogP contribution in [-0.2, 0) is 4.79 Å². The van der Waals surface area contributed by atoms with Gasteiger partial charge >= 0.3 is 0 Å². The molecule has 0 aromatic heterocycles. The molecule has 0 amide bonds. The molecular weight excluding hydrogens is 510 g/mol. The van der Waals surface area contributed by atoms with Crippen LogP contribution in [0, 0.1) is 0 Å². The minimum absolute atomic E-state index is 0.313. The molecule has 0 radical (unpaired) electrons. The van der Waals surface area contributed by atoms with Gasteiger partial charge in [-0.25, -0.2) is 0 Å². The lowest BCUT2D eigenvalue weighted by Crippen LogP contribution is -2.30. The number of hydrogen-bond donors (Lipinski definition) is 0. The molecule has 0 heterocycles. The van der Waals surface area contributed by atoms with Crippen molar-refractivity contribution in [1.29, 1.82) is 0 Å². The summed E-state index contributed by atoms with van der Waals surface area (Å²) in [5, 5.41) is 15.5. The van der Waals surface area contributed by atoms with Crippen molar-refractivity contribution in [2.75, 3.05) is 0 Å². The number of carboxylic acid groups (broad SMARTS) is 1. The van der Waals surface area contributed by atoms with Gasteiger partial charge in [0.25, 0.3) is 0 Å². The van der Waals surface area contributed by atoms with Crippen LogP contribution in [0.4, 0.5) is 0 Å². The van der Waals surface area contributed by atoms with Crippen LogP contribution in [0.2, 0.25) is 20.1 Å². The molecule has 0 saturated heterocycles. The first-order chi connectivity index (χ1) is 16.3. The fourth-order valence-corrected chi connectivity index (χ4v) is 4.81. The number of aliphatic carboxylic acids is 1. The van der Waals surface area contributed by atoms with Gasteiger partial charge in [0.05, 0.1) is 10.0 Å². The Balaban J connectivity index is 0.000000305. The number of unbranched alkanes of at least 4 members (excludes halogenated alkanes) is 7. The van der Waals surface area contributed by atoms with E-state index in [4.69, 9.17) is 46.4 Å². The molecule has 0 spiro atoms. The van der Waals surface area contributed by atoms with Crippen molar-refractivity contribution in [3.8, 4) is 0 Å². The maximum absolute atomic E-state index is 11.4. The lowest BCUT2D eigenvalue weighted by Gasteiger charge is -2.20. The van der Waals surface area contributed by atoms with Crippen molar-refractivity contribution in [1.82, 2.24) is 0 Å². The van der Waals surface area contributed by atoms with Gasteiger partial charge in [-0.2, -0.15) is 0 Å². The number of fused-ring (bicyclic) bond motifs is 1. The highest BCUT2D eigenvalue weighted by Gasteiger charge is 2.18. The van der Waals surface area contributed by atoms with Crippen molar-refractivity contribution >= 4 is 63.1 Å². The normalized spacial score (nSPS) is 11.7. The second-order valence-corrected chi connectivity index (χ2v) is 10.0. The van der Waals surface area contributed by atoms with Crippen LogP contribution in [0.5, 0.6) is 0 Å². The second-order valence-electron chi connectivity index (χ2n) is 8.38. The van der Waals surface area contributed by atoms with E-state index in [1.54, 1.807) is 0 Å². The molecule has 0 bridgehead atoms. The summed E-state index contributed by atoms with van der Waals surface area (Å²) in [5.41, 5.74) is 0.490. The molecule has 0 aliphatic heterocycles. The Morgan fingerprint density at radius 3 is 1.97 bits per heavy atom. The van der Waals surface area contributed by atoms with Gasteiger partial charge < -0.3 is 9.90 Å². The van der Waals surface area contributed by atoms with Gasteiger partial charge in [0.2, 0.25) is 0 Å². The van der Waals surface area contributed by atoms with E-state index in [1.165, 1.54) is 49.6 Å². The van der Waals surface area contributed by atoms with Gasteiger partial charge in [-0.15, -0.1) is 0 Å². The zero-order valence-electron chi connectivity index (χ0n) is 19.5. The lowest BCUT2D eigenvalue weighted by molar-refractivity contribution is -0.308. The number of halogens is 4. The summed E-state index contributed by atoms with van der Waals surface area (Å²) >= 11 is 23.9. The van der Waals surface area contributed by atoms with Crippen molar-refractivity contribution in [2.45, 2.75) is 70.6 Å². The minimum Gasteiger partial charge on any atom is -0.549 e. The predicted octanol–water partition coefficient (Wildman–Crippen LogP) is 9.50. The third-order valence-electron chi connectivity index (χ3n) is 5.78. The summed E-state index contributed by atoms with van der Waals surface area (Å²) in [6.45, 7) is 2.20. The van der Waals surface area contributed by atoms with Gasteiger partial charge in [0, 0.05) is 27.3 Å². The summed E-state index contributed by atoms with van der Waals surface area (Å²) in [5.74, 6) is -1.86. The summed E-state index contributed by atoms with van der Waals surface area (Å²) in [7, 11) is 0. The number of carbonyl (C=O) groups is 1. The Labute approximate surface area is 223 Å². The number of hydrogen-bond acceptors (Lipinski definition) is 2.